The van der Waals surface area contributed by atoms with E-state index < -0.39 is 23.4 Å². The topological polar surface area (TPSA) is 46.0 Å². The highest BCUT2D eigenvalue weighted by Gasteiger charge is 2.60. The molecule has 8 heteroatoms. The molecule has 0 radical (unpaired) electrons. The Morgan fingerprint density at radius 1 is 1.17 bits per heavy atom. The predicted molar refractivity (Wildman–Crippen MR) is 81.6 cm³/mol. The van der Waals surface area contributed by atoms with Gasteiger partial charge in [0.15, 0.2) is 0 Å². The molecule has 2 atom stereocenters. The molecule has 0 bridgehead atoms. The van der Waals surface area contributed by atoms with Gasteiger partial charge in [0, 0.05) is 22.2 Å². The minimum atomic E-state index is -4.97. The number of aliphatic hydroxyl groups is 1. The zero-order chi connectivity index (χ0) is 17.4. The van der Waals surface area contributed by atoms with Gasteiger partial charge in [-0.3, -0.25) is 9.97 Å². The zero-order valence-electron chi connectivity index (χ0n) is 12.2. The van der Waals surface area contributed by atoms with E-state index >= 15 is 0 Å². The number of aryl methyl sites for hydroxylation is 1. The Bertz CT molecular complexity index is 724. The van der Waals surface area contributed by atoms with Crippen LogP contribution in [0.4, 0.5) is 13.2 Å². The van der Waals surface area contributed by atoms with Gasteiger partial charge in [0.1, 0.15) is 5.69 Å². The van der Waals surface area contributed by atoms with Crippen LogP contribution in [0.1, 0.15) is 29.8 Å². The average molecular weight is 365 g/mol. The first-order valence-electron chi connectivity index (χ1n) is 6.60. The fraction of sp³-hybridized carbons (Fsp3) is 0.333. The van der Waals surface area contributed by atoms with E-state index in [0.29, 0.717) is 0 Å². The number of aromatic nitrogens is 2. The van der Waals surface area contributed by atoms with Gasteiger partial charge in [0.25, 0.3) is 0 Å². The highest BCUT2D eigenvalue weighted by molar-refractivity contribution is 6.35. The molecule has 0 aliphatic carbocycles. The van der Waals surface area contributed by atoms with Crippen molar-refractivity contribution in [3.05, 3.63) is 57.6 Å². The lowest BCUT2D eigenvalue weighted by Gasteiger charge is -2.35. The summed E-state index contributed by atoms with van der Waals surface area (Å²) in [6.07, 6.45) is -2.76. The van der Waals surface area contributed by atoms with Crippen molar-refractivity contribution in [2.75, 3.05) is 0 Å². The molecule has 0 unspecified atom stereocenters. The molecule has 2 aromatic rings. The maximum atomic E-state index is 13.7. The van der Waals surface area contributed by atoms with Gasteiger partial charge in [-0.15, -0.1) is 0 Å². The second-order valence-corrected chi connectivity index (χ2v) is 6.04. The molecule has 23 heavy (non-hydrogen) atoms. The van der Waals surface area contributed by atoms with E-state index in [1.807, 2.05) is 0 Å². The molecule has 1 aromatic carbocycles. The number of benzene rings is 1. The van der Waals surface area contributed by atoms with Gasteiger partial charge in [-0.05, 0) is 24.6 Å². The van der Waals surface area contributed by atoms with Gasteiger partial charge in [-0.1, -0.05) is 36.2 Å². The van der Waals surface area contributed by atoms with Crippen LogP contribution in [0.3, 0.4) is 0 Å². The lowest BCUT2D eigenvalue weighted by atomic mass is 9.80. The molecular formula is C15H13Cl2F3N2O. The van der Waals surface area contributed by atoms with Gasteiger partial charge in [0.2, 0.25) is 5.60 Å². The van der Waals surface area contributed by atoms with Crippen LogP contribution in [-0.4, -0.2) is 21.3 Å². The SMILES string of the molecule is Cc1cncc([C@@](O)([C@@H](C)c2ccc(Cl)cc2Cl)C(F)(F)F)n1. The third-order valence-electron chi connectivity index (χ3n) is 3.63. The van der Waals surface area contributed by atoms with Crippen LogP contribution in [0.2, 0.25) is 10.0 Å². The minimum Gasteiger partial charge on any atom is -0.375 e. The van der Waals surface area contributed by atoms with Crippen molar-refractivity contribution in [2.45, 2.75) is 31.5 Å². The lowest BCUT2D eigenvalue weighted by molar-refractivity contribution is -0.276. The molecule has 1 heterocycles. The number of rotatable bonds is 3. The van der Waals surface area contributed by atoms with Crippen molar-refractivity contribution >= 4 is 23.2 Å². The summed E-state index contributed by atoms with van der Waals surface area (Å²) in [5.41, 5.74) is -3.44. The van der Waals surface area contributed by atoms with Crippen LogP contribution < -0.4 is 0 Å². The molecule has 0 saturated heterocycles. The first-order valence-corrected chi connectivity index (χ1v) is 7.36. The molecule has 0 amide bonds. The van der Waals surface area contributed by atoms with Gasteiger partial charge in [0.05, 0.1) is 11.9 Å². The molecule has 2 rings (SSSR count). The van der Waals surface area contributed by atoms with E-state index in [1.54, 1.807) is 0 Å². The fourth-order valence-electron chi connectivity index (χ4n) is 2.34. The van der Waals surface area contributed by atoms with E-state index in [-0.39, 0.29) is 21.3 Å². The van der Waals surface area contributed by atoms with E-state index in [4.69, 9.17) is 23.2 Å². The lowest BCUT2D eigenvalue weighted by Crippen LogP contribution is -2.47. The van der Waals surface area contributed by atoms with Crippen molar-refractivity contribution in [3.63, 3.8) is 0 Å². The fourth-order valence-corrected chi connectivity index (χ4v) is 2.91. The van der Waals surface area contributed by atoms with Crippen LogP contribution in [0, 0.1) is 6.92 Å². The second-order valence-electron chi connectivity index (χ2n) is 5.20. The smallest absolute Gasteiger partial charge is 0.375 e. The average Bonchev–Trinajstić information content (AvgIpc) is 2.44. The van der Waals surface area contributed by atoms with E-state index in [1.165, 1.54) is 38.2 Å². The Kier molecular flexibility index (Phi) is 4.89. The normalized spacial score (nSPS) is 16.0. The molecule has 0 saturated carbocycles. The quantitative estimate of drug-likeness (QED) is 0.862. The first-order chi connectivity index (χ1) is 10.6. The van der Waals surface area contributed by atoms with E-state index in [9.17, 15) is 18.3 Å². The number of nitrogens with zero attached hydrogens (tertiary/aromatic N) is 2. The maximum Gasteiger partial charge on any atom is 0.423 e. The number of hydrogen-bond acceptors (Lipinski definition) is 3. The van der Waals surface area contributed by atoms with Crippen molar-refractivity contribution in [1.29, 1.82) is 0 Å². The van der Waals surface area contributed by atoms with E-state index in [2.05, 4.69) is 9.97 Å². The molecule has 0 aliphatic rings. The second kappa shape index (κ2) is 6.26. The molecule has 1 aromatic heterocycles. The van der Waals surface area contributed by atoms with Gasteiger partial charge in [-0.2, -0.15) is 13.2 Å². The van der Waals surface area contributed by atoms with Crippen molar-refractivity contribution in [2.24, 2.45) is 0 Å². The molecule has 0 aliphatic heterocycles. The van der Waals surface area contributed by atoms with Crippen molar-refractivity contribution in [1.82, 2.24) is 9.97 Å². The summed E-state index contributed by atoms with van der Waals surface area (Å²) in [7, 11) is 0. The van der Waals surface area contributed by atoms with Gasteiger partial charge in [-0.25, -0.2) is 0 Å². The Hall–Kier alpha value is -1.37. The van der Waals surface area contributed by atoms with Crippen LogP contribution in [0.15, 0.2) is 30.6 Å². The highest BCUT2D eigenvalue weighted by Crippen LogP contribution is 2.49. The summed E-state index contributed by atoms with van der Waals surface area (Å²) >= 11 is 11.8. The van der Waals surface area contributed by atoms with Gasteiger partial charge < -0.3 is 5.11 Å². The molecular weight excluding hydrogens is 352 g/mol. The van der Waals surface area contributed by atoms with Crippen molar-refractivity contribution < 1.29 is 18.3 Å². The van der Waals surface area contributed by atoms with Crippen LogP contribution >= 0.6 is 23.2 Å². The highest BCUT2D eigenvalue weighted by atomic mass is 35.5. The third kappa shape index (κ3) is 3.29. The number of alkyl halides is 3. The largest absolute Gasteiger partial charge is 0.423 e. The van der Waals surface area contributed by atoms with Crippen LogP contribution in [0.5, 0.6) is 0 Å². The summed E-state index contributed by atoms with van der Waals surface area (Å²) in [6, 6.07) is 4.10. The number of halogens is 5. The van der Waals surface area contributed by atoms with E-state index in [0.717, 1.165) is 6.20 Å². The minimum absolute atomic E-state index is 0.0355. The summed E-state index contributed by atoms with van der Waals surface area (Å²) in [5, 5.41) is 10.9. The van der Waals surface area contributed by atoms with Gasteiger partial charge >= 0.3 is 6.18 Å². The molecule has 1 N–H and O–H groups in total. The monoisotopic (exact) mass is 364 g/mol. The summed E-state index contributed by atoms with van der Waals surface area (Å²) in [5.74, 6) is -1.41. The van der Waals surface area contributed by atoms with Crippen LogP contribution in [-0.2, 0) is 5.60 Å². The maximum absolute atomic E-state index is 13.7. The third-order valence-corrected chi connectivity index (χ3v) is 4.20. The molecule has 3 nitrogen and oxygen atoms in total. The molecule has 0 spiro atoms. The molecule has 124 valence electrons. The Labute approximate surface area is 141 Å². The predicted octanol–water partition coefficient (Wildman–Crippen LogP) is 4.65. The summed E-state index contributed by atoms with van der Waals surface area (Å²) in [6.45, 7) is 2.72. The zero-order valence-corrected chi connectivity index (χ0v) is 13.7. The Balaban J connectivity index is 2.63. The summed E-state index contributed by atoms with van der Waals surface area (Å²) in [4.78, 5) is 7.50. The summed E-state index contributed by atoms with van der Waals surface area (Å²) < 4.78 is 41.0. The molecule has 0 fully saturated rings. The number of hydrogen-bond donors (Lipinski definition) is 1. The first kappa shape index (κ1) is 18.0. The van der Waals surface area contributed by atoms with Crippen molar-refractivity contribution in [3.8, 4) is 0 Å². The Morgan fingerprint density at radius 2 is 1.83 bits per heavy atom. The standard InChI is InChI=1S/C15H13Cl2F3N2O/c1-8-6-21-7-13(22-8)14(23,15(18,19)20)9(2)11-4-3-10(16)5-12(11)17/h3-7,9,23H,1-2H3/t9-,14-/m0/s1. The van der Waals surface area contributed by atoms with Crippen LogP contribution in [0.25, 0.3) is 0 Å². The Morgan fingerprint density at radius 3 is 2.35 bits per heavy atom.